The van der Waals surface area contributed by atoms with Gasteiger partial charge in [0.1, 0.15) is 16.5 Å². The van der Waals surface area contributed by atoms with E-state index < -0.39 is 17.6 Å². The van der Waals surface area contributed by atoms with Crippen LogP contribution in [0.5, 0.6) is 0 Å². The van der Waals surface area contributed by atoms with Crippen LogP contribution in [0.3, 0.4) is 0 Å². The van der Waals surface area contributed by atoms with E-state index in [4.69, 9.17) is 46.4 Å². The maximum Gasteiger partial charge on any atom is 0.283 e. The van der Waals surface area contributed by atoms with E-state index in [1.54, 1.807) is 0 Å². The number of benzene rings is 2. The molecular weight excluding hydrogens is 413 g/mol. The SMILES string of the molecule is O=C1C(Cl)=C(Nc2ccc(F)c(Cl)c2)C(=O)N1c1ccc(Cl)c(Cl)c1. The molecule has 2 aromatic carbocycles. The minimum absolute atomic E-state index is 0.139. The second-order valence-electron chi connectivity index (χ2n) is 4.99. The molecule has 0 spiro atoms. The highest BCUT2D eigenvalue weighted by Crippen LogP contribution is 2.34. The molecular formula is C16H7Cl4FN2O2. The highest BCUT2D eigenvalue weighted by atomic mass is 35.5. The van der Waals surface area contributed by atoms with Gasteiger partial charge in [-0.2, -0.15) is 0 Å². The van der Waals surface area contributed by atoms with E-state index in [0.29, 0.717) is 5.69 Å². The molecule has 0 fully saturated rings. The van der Waals surface area contributed by atoms with E-state index in [-0.39, 0.29) is 31.5 Å². The summed E-state index contributed by atoms with van der Waals surface area (Å²) >= 11 is 23.5. The van der Waals surface area contributed by atoms with Gasteiger partial charge in [-0.3, -0.25) is 9.59 Å². The van der Waals surface area contributed by atoms with Crippen molar-refractivity contribution < 1.29 is 14.0 Å². The van der Waals surface area contributed by atoms with Crippen LogP contribution in [0, 0.1) is 5.82 Å². The molecule has 1 N–H and O–H groups in total. The maximum atomic E-state index is 13.2. The number of hydrogen-bond acceptors (Lipinski definition) is 3. The van der Waals surface area contributed by atoms with E-state index in [0.717, 1.165) is 11.0 Å². The van der Waals surface area contributed by atoms with Crippen molar-refractivity contribution in [3.63, 3.8) is 0 Å². The van der Waals surface area contributed by atoms with Crippen LogP contribution in [0.25, 0.3) is 0 Å². The number of hydrogen-bond donors (Lipinski definition) is 1. The number of rotatable bonds is 3. The van der Waals surface area contributed by atoms with Crippen LogP contribution in [-0.2, 0) is 9.59 Å². The number of halogens is 5. The fourth-order valence-electron chi connectivity index (χ4n) is 2.19. The number of carbonyl (C=O) groups excluding carboxylic acids is 2. The third-order valence-electron chi connectivity index (χ3n) is 3.38. The van der Waals surface area contributed by atoms with Crippen molar-refractivity contribution >= 4 is 69.6 Å². The molecule has 1 heterocycles. The quantitative estimate of drug-likeness (QED) is 0.693. The first-order chi connectivity index (χ1) is 11.8. The number of carbonyl (C=O) groups is 2. The average molecular weight is 420 g/mol. The summed E-state index contributed by atoms with van der Waals surface area (Å²) in [5.74, 6) is -2.02. The Balaban J connectivity index is 1.93. The number of nitrogens with one attached hydrogen (secondary N) is 1. The van der Waals surface area contributed by atoms with Crippen molar-refractivity contribution in [1.29, 1.82) is 0 Å². The van der Waals surface area contributed by atoms with Crippen molar-refractivity contribution in [3.05, 3.63) is 68.0 Å². The largest absolute Gasteiger partial charge is 0.350 e. The predicted octanol–water partition coefficient (Wildman–Crippen LogP) is 5.22. The standard InChI is InChI=1S/C16H7Cl4FN2O2/c17-9-3-2-8(6-10(9)18)23-15(24)13(20)14(16(23)25)22-7-1-4-12(21)11(19)5-7/h1-6,22H. The Labute approximate surface area is 161 Å². The Hall–Kier alpha value is -1.79. The van der Waals surface area contributed by atoms with Gasteiger partial charge in [0.25, 0.3) is 11.8 Å². The maximum absolute atomic E-state index is 13.2. The van der Waals surface area contributed by atoms with Gasteiger partial charge in [-0.1, -0.05) is 46.4 Å². The zero-order chi connectivity index (χ0) is 18.3. The molecule has 0 saturated carbocycles. The molecule has 2 aromatic rings. The summed E-state index contributed by atoms with van der Waals surface area (Å²) in [7, 11) is 0. The summed E-state index contributed by atoms with van der Waals surface area (Å²) in [6.07, 6.45) is 0. The Morgan fingerprint density at radius 3 is 2.20 bits per heavy atom. The van der Waals surface area contributed by atoms with Crippen molar-refractivity contribution in [3.8, 4) is 0 Å². The number of amides is 2. The summed E-state index contributed by atoms with van der Waals surface area (Å²) in [6, 6.07) is 8.05. The molecule has 2 amide bonds. The van der Waals surface area contributed by atoms with Crippen LogP contribution < -0.4 is 10.2 Å². The lowest BCUT2D eigenvalue weighted by atomic mass is 10.2. The summed E-state index contributed by atoms with van der Waals surface area (Å²) < 4.78 is 13.2. The molecule has 1 aliphatic rings. The molecule has 9 heteroatoms. The van der Waals surface area contributed by atoms with Crippen LogP contribution >= 0.6 is 46.4 Å². The Kier molecular flexibility index (Phi) is 4.93. The molecule has 0 bridgehead atoms. The van der Waals surface area contributed by atoms with Crippen molar-refractivity contribution in [2.45, 2.75) is 0 Å². The molecule has 25 heavy (non-hydrogen) atoms. The van der Waals surface area contributed by atoms with Crippen molar-refractivity contribution in [2.24, 2.45) is 0 Å². The van der Waals surface area contributed by atoms with Crippen molar-refractivity contribution in [2.75, 3.05) is 10.2 Å². The van der Waals surface area contributed by atoms with Gasteiger partial charge >= 0.3 is 0 Å². The van der Waals surface area contributed by atoms with Gasteiger partial charge in [0.15, 0.2) is 0 Å². The van der Waals surface area contributed by atoms with Crippen LogP contribution in [0.1, 0.15) is 0 Å². The molecule has 4 nitrogen and oxygen atoms in total. The number of nitrogens with zero attached hydrogens (tertiary/aromatic N) is 1. The van der Waals surface area contributed by atoms with E-state index >= 15 is 0 Å². The zero-order valence-electron chi connectivity index (χ0n) is 12.1. The first-order valence-corrected chi connectivity index (χ1v) is 8.26. The Morgan fingerprint density at radius 1 is 0.840 bits per heavy atom. The Morgan fingerprint density at radius 2 is 1.56 bits per heavy atom. The number of anilines is 2. The highest BCUT2D eigenvalue weighted by Gasteiger charge is 2.39. The number of imide groups is 1. The van der Waals surface area contributed by atoms with Crippen LogP contribution in [0.15, 0.2) is 47.1 Å². The van der Waals surface area contributed by atoms with Crippen molar-refractivity contribution in [1.82, 2.24) is 0 Å². The first kappa shape index (κ1) is 18.0. The zero-order valence-corrected chi connectivity index (χ0v) is 15.1. The van der Waals surface area contributed by atoms with Gasteiger partial charge in [0, 0.05) is 5.69 Å². The first-order valence-electron chi connectivity index (χ1n) is 6.75. The van der Waals surface area contributed by atoms with E-state index in [9.17, 15) is 14.0 Å². The van der Waals surface area contributed by atoms with Crippen LogP contribution in [0.2, 0.25) is 15.1 Å². The third kappa shape index (κ3) is 3.33. The predicted molar refractivity (Wildman–Crippen MR) is 96.9 cm³/mol. The second kappa shape index (κ2) is 6.84. The fourth-order valence-corrected chi connectivity index (χ4v) is 2.87. The normalized spacial score (nSPS) is 14.5. The molecule has 0 unspecified atom stereocenters. The molecule has 0 saturated heterocycles. The minimum Gasteiger partial charge on any atom is -0.350 e. The van der Waals surface area contributed by atoms with Crippen LogP contribution in [0.4, 0.5) is 15.8 Å². The molecule has 0 radical (unpaired) electrons. The molecule has 0 atom stereocenters. The smallest absolute Gasteiger partial charge is 0.283 e. The minimum atomic E-state index is -0.722. The second-order valence-corrected chi connectivity index (χ2v) is 6.59. The van der Waals surface area contributed by atoms with Gasteiger partial charge in [-0.05, 0) is 36.4 Å². The van der Waals surface area contributed by atoms with Gasteiger partial charge in [0.05, 0.1) is 20.8 Å². The summed E-state index contributed by atoms with van der Waals surface area (Å²) in [5, 5.41) is 2.71. The third-order valence-corrected chi connectivity index (χ3v) is 4.76. The van der Waals surface area contributed by atoms with Gasteiger partial charge in [-0.25, -0.2) is 9.29 Å². The summed E-state index contributed by atoms with van der Waals surface area (Å²) in [5.41, 5.74) is 0.369. The Bertz CT molecular complexity index is 946. The summed E-state index contributed by atoms with van der Waals surface area (Å²) in [4.78, 5) is 25.8. The van der Waals surface area contributed by atoms with Gasteiger partial charge in [-0.15, -0.1) is 0 Å². The molecule has 0 aliphatic carbocycles. The van der Waals surface area contributed by atoms with Gasteiger partial charge in [0.2, 0.25) is 0 Å². The van der Waals surface area contributed by atoms with E-state index in [1.807, 2.05) is 0 Å². The lowest BCUT2D eigenvalue weighted by molar-refractivity contribution is -0.120. The van der Waals surface area contributed by atoms with Gasteiger partial charge < -0.3 is 5.32 Å². The summed E-state index contributed by atoms with van der Waals surface area (Å²) in [6.45, 7) is 0. The van der Waals surface area contributed by atoms with E-state index in [1.165, 1.54) is 30.3 Å². The average Bonchev–Trinajstić information content (AvgIpc) is 2.77. The highest BCUT2D eigenvalue weighted by molar-refractivity contribution is 6.53. The molecule has 3 rings (SSSR count). The lowest BCUT2D eigenvalue weighted by Crippen LogP contribution is -2.32. The van der Waals surface area contributed by atoms with E-state index in [2.05, 4.69) is 5.32 Å². The lowest BCUT2D eigenvalue weighted by Gasteiger charge is -2.15. The fraction of sp³-hybridized carbons (Fsp3) is 0. The topological polar surface area (TPSA) is 49.4 Å². The molecule has 0 aromatic heterocycles. The van der Waals surface area contributed by atoms with Crippen LogP contribution in [-0.4, -0.2) is 11.8 Å². The molecule has 1 aliphatic heterocycles. The molecule has 128 valence electrons. The monoisotopic (exact) mass is 418 g/mol.